The van der Waals surface area contributed by atoms with Crippen LogP contribution in [0.4, 0.5) is 0 Å². The van der Waals surface area contributed by atoms with Gasteiger partial charge in [-0.15, -0.1) is 24.0 Å². The van der Waals surface area contributed by atoms with E-state index in [1.807, 2.05) is 0 Å². The Balaban J connectivity index is 0.00000220. The summed E-state index contributed by atoms with van der Waals surface area (Å²) in [5, 5.41) is 11.0. The van der Waals surface area contributed by atoms with Crippen molar-refractivity contribution < 1.29 is 4.74 Å². The molecule has 2 unspecified atom stereocenters. The van der Waals surface area contributed by atoms with Crippen molar-refractivity contribution in [2.75, 3.05) is 26.2 Å². The van der Waals surface area contributed by atoms with Gasteiger partial charge in [0.15, 0.2) is 5.96 Å². The summed E-state index contributed by atoms with van der Waals surface area (Å²) >= 11 is 1.74. The van der Waals surface area contributed by atoms with Crippen LogP contribution in [0.15, 0.2) is 21.8 Å². The molecule has 2 heterocycles. The Morgan fingerprint density at radius 3 is 3.00 bits per heavy atom. The first-order valence-corrected chi connectivity index (χ1v) is 8.39. The van der Waals surface area contributed by atoms with Gasteiger partial charge in [-0.2, -0.15) is 11.3 Å². The second-order valence-electron chi connectivity index (χ2n) is 5.19. The molecule has 0 saturated carbocycles. The molecule has 1 aliphatic rings. The summed E-state index contributed by atoms with van der Waals surface area (Å²) in [5.41, 5.74) is 1.37. The topological polar surface area (TPSA) is 45.7 Å². The van der Waals surface area contributed by atoms with Crippen LogP contribution in [0, 0.1) is 0 Å². The number of aliphatic imine (C=N–C) groups is 1. The monoisotopic (exact) mass is 423 g/mol. The maximum absolute atomic E-state index is 5.62. The van der Waals surface area contributed by atoms with Crippen molar-refractivity contribution in [3.8, 4) is 0 Å². The molecule has 2 N–H and O–H groups in total. The number of hydrogen-bond donors (Lipinski definition) is 2. The van der Waals surface area contributed by atoms with E-state index in [0.717, 1.165) is 38.6 Å². The average molecular weight is 423 g/mol. The number of guanidine groups is 1. The number of rotatable bonds is 6. The van der Waals surface area contributed by atoms with Gasteiger partial charge in [-0.1, -0.05) is 6.92 Å². The van der Waals surface area contributed by atoms with Crippen molar-refractivity contribution >= 4 is 41.3 Å². The number of halogens is 1. The van der Waals surface area contributed by atoms with Gasteiger partial charge in [0, 0.05) is 32.2 Å². The summed E-state index contributed by atoms with van der Waals surface area (Å²) in [6.07, 6.45) is 2.67. The second kappa shape index (κ2) is 10.4. The van der Waals surface area contributed by atoms with Crippen LogP contribution in [0.25, 0.3) is 0 Å². The Labute approximate surface area is 148 Å². The minimum absolute atomic E-state index is 0. The fraction of sp³-hybridized carbons (Fsp3) is 0.667. The highest BCUT2D eigenvalue weighted by Gasteiger charge is 2.15. The summed E-state index contributed by atoms with van der Waals surface area (Å²) in [5.74, 6) is 1.35. The highest BCUT2D eigenvalue weighted by molar-refractivity contribution is 14.0. The molecule has 1 aromatic heterocycles. The molecule has 1 fully saturated rings. The lowest BCUT2D eigenvalue weighted by Gasteiger charge is -2.15. The number of nitrogens with one attached hydrogen (secondary N) is 2. The SMILES string of the molecule is CCNC(=NCC(C)c1ccsc1)NCC1CCCO1.I. The van der Waals surface area contributed by atoms with Crippen LogP contribution in [0.1, 0.15) is 38.2 Å². The van der Waals surface area contributed by atoms with Crippen molar-refractivity contribution in [2.45, 2.75) is 38.7 Å². The third kappa shape index (κ3) is 6.52. The van der Waals surface area contributed by atoms with E-state index >= 15 is 0 Å². The summed E-state index contributed by atoms with van der Waals surface area (Å²) in [6.45, 7) is 7.73. The Morgan fingerprint density at radius 1 is 1.52 bits per heavy atom. The maximum atomic E-state index is 5.62. The van der Waals surface area contributed by atoms with E-state index in [-0.39, 0.29) is 24.0 Å². The first-order valence-electron chi connectivity index (χ1n) is 7.45. The lowest BCUT2D eigenvalue weighted by atomic mass is 10.1. The standard InChI is InChI=1S/C15H25N3OS.HI/c1-3-16-15(18-10-14-5-4-7-19-14)17-9-12(2)13-6-8-20-11-13;/h6,8,11-12,14H,3-5,7,9-10H2,1-2H3,(H2,16,17,18);1H. The van der Waals surface area contributed by atoms with Gasteiger partial charge >= 0.3 is 0 Å². The van der Waals surface area contributed by atoms with E-state index in [0.29, 0.717) is 12.0 Å². The zero-order chi connectivity index (χ0) is 14.2. The Hall–Kier alpha value is -0.340. The van der Waals surface area contributed by atoms with Crippen molar-refractivity contribution in [3.63, 3.8) is 0 Å². The van der Waals surface area contributed by atoms with E-state index < -0.39 is 0 Å². The Kier molecular flexibility index (Phi) is 9.26. The maximum Gasteiger partial charge on any atom is 0.191 e. The van der Waals surface area contributed by atoms with Gasteiger partial charge < -0.3 is 15.4 Å². The van der Waals surface area contributed by atoms with Crippen LogP contribution in [-0.2, 0) is 4.74 Å². The van der Waals surface area contributed by atoms with Crippen molar-refractivity contribution in [3.05, 3.63) is 22.4 Å². The van der Waals surface area contributed by atoms with Gasteiger partial charge in [0.2, 0.25) is 0 Å². The Morgan fingerprint density at radius 2 is 2.38 bits per heavy atom. The predicted octanol–water partition coefficient (Wildman–Crippen LogP) is 3.20. The molecule has 0 radical (unpaired) electrons. The van der Waals surface area contributed by atoms with Gasteiger partial charge in [0.1, 0.15) is 0 Å². The summed E-state index contributed by atoms with van der Waals surface area (Å²) in [7, 11) is 0. The fourth-order valence-corrected chi connectivity index (χ4v) is 3.03. The summed E-state index contributed by atoms with van der Waals surface area (Å²) in [6, 6.07) is 2.18. The molecule has 120 valence electrons. The first-order chi connectivity index (χ1) is 9.79. The van der Waals surface area contributed by atoms with Crippen LogP contribution in [0.2, 0.25) is 0 Å². The molecule has 1 aromatic rings. The lowest BCUT2D eigenvalue weighted by molar-refractivity contribution is 0.114. The third-order valence-electron chi connectivity index (χ3n) is 3.50. The quantitative estimate of drug-likeness (QED) is 0.420. The summed E-state index contributed by atoms with van der Waals surface area (Å²) < 4.78 is 5.62. The van der Waals surface area contributed by atoms with Crippen molar-refractivity contribution in [1.82, 2.24) is 10.6 Å². The van der Waals surface area contributed by atoms with Crippen molar-refractivity contribution in [2.24, 2.45) is 4.99 Å². The minimum Gasteiger partial charge on any atom is -0.376 e. The molecule has 1 saturated heterocycles. The van der Waals surface area contributed by atoms with Gasteiger partial charge in [0.05, 0.1) is 6.10 Å². The minimum atomic E-state index is 0. The van der Waals surface area contributed by atoms with E-state index in [1.165, 1.54) is 12.0 Å². The number of nitrogens with zero attached hydrogens (tertiary/aromatic N) is 1. The molecule has 0 aromatic carbocycles. The number of thiophene rings is 1. The van der Waals surface area contributed by atoms with Crippen molar-refractivity contribution in [1.29, 1.82) is 0 Å². The second-order valence-corrected chi connectivity index (χ2v) is 5.97. The Bertz CT molecular complexity index is 405. The molecule has 21 heavy (non-hydrogen) atoms. The van der Waals surface area contributed by atoms with Crippen LogP contribution in [0.5, 0.6) is 0 Å². The normalized spacial score (nSPS) is 19.9. The molecule has 6 heteroatoms. The van der Waals surface area contributed by atoms with Crippen LogP contribution < -0.4 is 10.6 Å². The first kappa shape index (κ1) is 18.7. The molecular formula is C15H26IN3OS. The van der Waals surface area contributed by atoms with Gasteiger partial charge in [0.25, 0.3) is 0 Å². The van der Waals surface area contributed by atoms with Gasteiger partial charge in [-0.25, -0.2) is 0 Å². The van der Waals surface area contributed by atoms with Gasteiger partial charge in [-0.3, -0.25) is 4.99 Å². The average Bonchev–Trinajstić information content (AvgIpc) is 3.13. The lowest BCUT2D eigenvalue weighted by Crippen LogP contribution is -2.41. The summed E-state index contributed by atoms with van der Waals surface area (Å²) in [4.78, 5) is 4.67. The molecule has 1 aliphatic heterocycles. The zero-order valence-corrected chi connectivity index (χ0v) is 15.9. The number of ether oxygens (including phenoxy) is 1. The molecule has 0 amide bonds. The molecule has 2 atom stereocenters. The molecule has 0 aliphatic carbocycles. The molecule has 0 spiro atoms. The van der Waals surface area contributed by atoms with E-state index in [2.05, 4.69) is 46.3 Å². The molecule has 0 bridgehead atoms. The third-order valence-corrected chi connectivity index (χ3v) is 4.20. The number of hydrogen-bond acceptors (Lipinski definition) is 3. The predicted molar refractivity (Wildman–Crippen MR) is 101 cm³/mol. The van der Waals surface area contributed by atoms with E-state index in [9.17, 15) is 0 Å². The largest absolute Gasteiger partial charge is 0.376 e. The molecule has 4 nitrogen and oxygen atoms in total. The zero-order valence-electron chi connectivity index (χ0n) is 12.8. The molecule has 2 rings (SSSR count). The van der Waals surface area contributed by atoms with Crippen LogP contribution in [-0.4, -0.2) is 38.3 Å². The highest BCUT2D eigenvalue weighted by Crippen LogP contribution is 2.18. The molecular weight excluding hydrogens is 397 g/mol. The highest BCUT2D eigenvalue weighted by atomic mass is 127. The van der Waals surface area contributed by atoms with Crippen LogP contribution in [0.3, 0.4) is 0 Å². The van der Waals surface area contributed by atoms with E-state index in [4.69, 9.17) is 4.74 Å². The smallest absolute Gasteiger partial charge is 0.191 e. The van der Waals surface area contributed by atoms with Gasteiger partial charge in [-0.05, 0) is 42.2 Å². The van der Waals surface area contributed by atoms with E-state index in [1.54, 1.807) is 11.3 Å². The van der Waals surface area contributed by atoms with Crippen LogP contribution >= 0.6 is 35.3 Å². The fourth-order valence-electron chi connectivity index (χ4n) is 2.25.